The number of benzene rings is 2. The number of nitriles is 1. The van der Waals surface area contributed by atoms with Crippen LogP contribution in [-0.4, -0.2) is 48.9 Å². The van der Waals surface area contributed by atoms with E-state index in [9.17, 15) is 18.8 Å². The third-order valence-electron chi connectivity index (χ3n) is 5.05. The van der Waals surface area contributed by atoms with E-state index in [1.807, 2.05) is 26.0 Å². The Balaban J connectivity index is 1.70. The summed E-state index contributed by atoms with van der Waals surface area (Å²) in [6, 6.07) is 12.0. The molecular weight excluding hydrogens is 362 g/mol. The highest BCUT2D eigenvalue weighted by Gasteiger charge is 2.30. The quantitative estimate of drug-likeness (QED) is 0.874. The summed E-state index contributed by atoms with van der Waals surface area (Å²) >= 11 is 0. The van der Waals surface area contributed by atoms with Crippen molar-refractivity contribution in [3.8, 4) is 11.8 Å². The summed E-state index contributed by atoms with van der Waals surface area (Å²) in [7, 11) is -3.69. The van der Waals surface area contributed by atoms with Crippen LogP contribution in [-0.2, 0) is 16.6 Å². The first-order valence-electron chi connectivity index (χ1n) is 8.83. The highest BCUT2D eigenvalue weighted by molar-refractivity contribution is 7.89. The second-order valence-corrected chi connectivity index (χ2v) is 8.76. The van der Waals surface area contributed by atoms with Gasteiger partial charge in [0, 0.05) is 38.3 Å². The average molecular weight is 385 g/mol. The molecule has 1 fully saturated rings. The number of phenolic OH excluding ortho intramolecular Hbond substituents is 1. The lowest BCUT2D eigenvalue weighted by molar-refractivity contribution is 0.180. The molecule has 3 rings (SSSR count). The predicted molar refractivity (Wildman–Crippen MR) is 103 cm³/mol. The molecule has 1 aliphatic rings. The molecule has 0 saturated carbocycles. The molecule has 1 saturated heterocycles. The van der Waals surface area contributed by atoms with Gasteiger partial charge in [-0.25, -0.2) is 8.42 Å². The molecule has 0 aliphatic carbocycles. The van der Waals surface area contributed by atoms with E-state index in [0.717, 1.165) is 16.7 Å². The van der Waals surface area contributed by atoms with Gasteiger partial charge >= 0.3 is 0 Å². The summed E-state index contributed by atoms with van der Waals surface area (Å²) in [4.78, 5) is 2.19. The van der Waals surface area contributed by atoms with Gasteiger partial charge in [-0.2, -0.15) is 9.57 Å². The number of rotatable bonds is 4. The van der Waals surface area contributed by atoms with Crippen LogP contribution in [0.2, 0.25) is 0 Å². The molecule has 1 aliphatic heterocycles. The molecule has 1 N–H and O–H groups in total. The van der Waals surface area contributed by atoms with Crippen molar-refractivity contribution in [2.75, 3.05) is 26.2 Å². The first-order valence-corrected chi connectivity index (χ1v) is 10.3. The molecule has 142 valence electrons. The smallest absolute Gasteiger partial charge is 0.244 e. The summed E-state index contributed by atoms with van der Waals surface area (Å²) in [5, 5.41) is 19.4. The van der Waals surface area contributed by atoms with Crippen molar-refractivity contribution in [1.82, 2.24) is 9.21 Å². The van der Waals surface area contributed by atoms with Crippen molar-refractivity contribution in [3.05, 3.63) is 58.7 Å². The van der Waals surface area contributed by atoms with Crippen LogP contribution < -0.4 is 0 Å². The maximum atomic E-state index is 12.9. The van der Waals surface area contributed by atoms with Crippen molar-refractivity contribution >= 4 is 10.0 Å². The molecule has 0 amide bonds. The van der Waals surface area contributed by atoms with Crippen molar-refractivity contribution in [3.63, 3.8) is 0 Å². The van der Waals surface area contributed by atoms with E-state index < -0.39 is 10.0 Å². The molecule has 6 nitrogen and oxygen atoms in total. The van der Waals surface area contributed by atoms with Crippen molar-refractivity contribution < 1.29 is 13.5 Å². The molecule has 2 aromatic carbocycles. The van der Waals surface area contributed by atoms with E-state index in [2.05, 4.69) is 4.90 Å². The fraction of sp³-hybridized carbons (Fsp3) is 0.350. The fourth-order valence-electron chi connectivity index (χ4n) is 3.28. The number of piperazine rings is 1. The van der Waals surface area contributed by atoms with Crippen LogP contribution in [0, 0.1) is 25.2 Å². The second kappa shape index (κ2) is 7.69. The maximum absolute atomic E-state index is 12.9. The van der Waals surface area contributed by atoms with Crippen LogP contribution in [0.25, 0.3) is 0 Å². The van der Waals surface area contributed by atoms with E-state index >= 15 is 0 Å². The number of nitrogens with zero attached hydrogens (tertiary/aromatic N) is 3. The fourth-order valence-corrected chi connectivity index (χ4v) is 4.84. The summed E-state index contributed by atoms with van der Waals surface area (Å²) in [5.74, 6) is 0.274. The Morgan fingerprint density at radius 3 is 2.37 bits per heavy atom. The zero-order valence-electron chi connectivity index (χ0n) is 15.5. The van der Waals surface area contributed by atoms with E-state index in [1.54, 1.807) is 18.2 Å². The summed E-state index contributed by atoms with van der Waals surface area (Å²) in [6.45, 7) is 6.40. The number of hydrogen-bond donors (Lipinski definition) is 1. The Bertz CT molecular complexity index is 988. The minimum atomic E-state index is -3.69. The number of phenols is 1. The molecule has 1 heterocycles. The highest BCUT2D eigenvalue weighted by Crippen LogP contribution is 2.25. The Morgan fingerprint density at radius 1 is 1.07 bits per heavy atom. The number of aromatic hydroxyl groups is 1. The molecule has 27 heavy (non-hydrogen) atoms. The lowest BCUT2D eigenvalue weighted by Gasteiger charge is -2.34. The van der Waals surface area contributed by atoms with Gasteiger partial charge in [-0.05, 0) is 43.2 Å². The van der Waals surface area contributed by atoms with E-state index in [-0.39, 0.29) is 16.2 Å². The molecule has 0 unspecified atom stereocenters. The number of aryl methyl sites for hydroxylation is 2. The Hall–Kier alpha value is -2.40. The van der Waals surface area contributed by atoms with E-state index in [1.165, 1.54) is 16.4 Å². The molecule has 0 bridgehead atoms. The van der Waals surface area contributed by atoms with Crippen LogP contribution >= 0.6 is 0 Å². The second-order valence-electron chi connectivity index (χ2n) is 6.85. The molecule has 0 radical (unpaired) electrons. The van der Waals surface area contributed by atoms with Gasteiger partial charge in [-0.3, -0.25) is 4.90 Å². The Morgan fingerprint density at radius 2 is 1.70 bits per heavy atom. The van der Waals surface area contributed by atoms with Gasteiger partial charge < -0.3 is 5.11 Å². The molecule has 0 aromatic heterocycles. The third-order valence-corrected chi connectivity index (χ3v) is 7.00. The van der Waals surface area contributed by atoms with Crippen molar-refractivity contribution in [2.24, 2.45) is 0 Å². The zero-order valence-corrected chi connectivity index (χ0v) is 16.3. The van der Waals surface area contributed by atoms with Gasteiger partial charge in [0.1, 0.15) is 11.8 Å². The lowest BCUT2D eigenvalue weighted by atomic mass is 10.0. The molecule has 0 spiro atoms. The first-order chi connectivity index (χ1) is 12.8. The lowest BCUT2D eigenvalue weighted by Crippen LogP contribution is -2.48. The zero-order chi connectivity index (χ0) is 19.6. The Labute approximate surface area is 160 Å². The van der Waals surface area contributed by atoms with Crippen LogP contribution in [0.4, 0.5) is 0 Å². The normalized spacial score (nSPS) is 16.2. The number of sulfonamides is 1. The van der Waals surface area contributed by atoms with Gasteiger partial charge in [0.2, 0.25) is 10.0 Å². The number of hydrogen-bond acceptors (Lipinski definition) is 5. The largest absolute Gasteiger partial charge is 0.508 e. The van der Waals surface area contributed by atoms with Gasteiger partial charge in [0.05, 0.1) is 10.5 Å². The van der Waals surface area contributed by atoms with Crippen molar-refractivity contribution in [1.29, 1.82) is 5.26 Å². The molecular formula is C20H23N3O3S. The van der Waals surface area contributed by atoms with Crippen LogP contribution in [0.5, 0.6) is 5.75 Å². The van der Waals surface area contributed by atoms with E-state index in [4.69, 9.17) is 0 Å². The SMILES string of the molecule is Cc1cc(O)c(CN2CCN(S(=O)(=O)c3ccccc3C#N)CC2)cc1C. The first kappa shape index (κ1) is 19.4. The monoisotopic (exact) mass is 385 g/mol. The van der Waals surface area contributed by atoms with Crippen LogP contribution in [0.1, 0.15) is 22.3 Å². The average Bonchev–Trinajstić information content (AvgIpc) is 2.66. The molecule has 7 heteroatoms. The van der Waals surface area contributed by atoms with E-state index in [0.29, 0.717) is 32.7 Å². The minimum Gasteiger partial charge on any atom is -0.508 e. The molecule has 0 atom stereocenters. The summed E-state index contributed by atoms with van der Waals surface area (Å²) in [5.41, 5.74) is 3.18. The maximum Gasteiger partial charge on any atom is 0.244 e. The summed E-state index contributed by atoms with van der Waals surface area (Å²) < 4.78 is 27.2. The predicted octanol–water partition coefficient (Wildman–Crippen LogP) is 2.39. The van der Waals surface area contributed by atoms with Crippen molar-refractivity contribution in [2.45, 2.75) is 25.3 Å². The van der Waals surface area contributed by atoms with Gasteiger partial charge in [-0.1, -0.05) is 18.2 Å². The molecule has 2 aromatic rings. The minimum absolute atomic E-state index is 0.0627. The van der Waals surface area contributed by atoms with Gasteiger partial charge in [-0.15, -0.1) is 0 Å². The van der Waals surface area contributed by atoms with Gasteiger partial charge in [0.15, 0.2) is 0 Å². The summed E-state index contributed by atoms with van der Waals surface area (Å²) in [6.07, 6.45) is 0. The Kier molecular flexibility index (Phi) is 5.51. The highest BCUT2D eigenvalue weighted by atomic mass is 32.2. The van der Waals surface area contributed by atoms with Gasteiger partial charge in [0.25, 0.3) is 0 Å². The van der Waals surface area contributed by atoms with Crippen LogP contribution in [0.15, 0.2) is 41.3 Å². The topological polar surface area (TPSA) is 84.6 Å². The standard InChI is InChI=1S/C20H23N3O3S/c1-15-11-18(19(24)12-16(15)2)14-22-7-9-23(10-8-22)27(25,26)20-6-4-3-5-17(20)13-21/h3-6,11-12,24H,7-10,14H2,1-2H3. The third kappa shape index (κ3) is 3.98. The van der Waals surface area contributed by atoms with Crippen LogP contribution in [0.3, 0.4) is 0 Å².